The Labute approximate surface area is 217 Å². The van der Waals surface area contributed by atoms with Gasteiger partial charge in [0.1, 0.15) is 0 Å². The summed E-state index contributed by atoms with van der Waals surface area (Å²) in [5, 5.41) is 6.78. The van der Waals surface area contributed by atoms with Crippen LogP contribution in [-0.2, 0) is 9.53 Å². The second-order valence-electron chi connectivity index (χ2n) is 8.06. The molecule has 2 aromatic carbocycles. The first kappa shape index (κ1) is 24.7. The van der Waals surface area contributed by atoms with Crippen LogP contribution in [-0.4, -0.2) is 52.9 Å². The van der Waals surface area contributed by atoms with Crippen molar-refractivity contribution in [3.63, 3.8) is 0 Å². The lowest BCUT2D eigenvalue weighted by atomic mass is 10.0. The quantitative estimate of drug-likeness (QED) is 0.283. The molecule has 0 aliphatic carbocycles. The highest BCUT2D eigenvalue weighted by Gasteiger charge is 2.18. The fourth-order valence-corrected chi connectivity index (χ4v) is 4.61. The molecule has 34 heavy (non-hydrogen) atoms. The van der Waals surface area contributed by atoms with Crippen LogP contribution in [0, 0.1) is 3.57 Å². The number of ether oxygens (including phenoxy) is 1. The Bertz CT molecular complexity index is 1130. The van der Waals surface area contributed by atoms with Gasteiger partial charge in [-0.25, -0.2) is 0 Å². The van der Waals surface area contributed by atoms with Gasteiger partial charge in [0.05, 0.1) is 19.0 Å². The van der Waals surface area contributed by atoms with Gasteiger partial charge in [-0.15, -0.1) is 0 Å². The van der Waals surface area contributed by atoms with E-state index in [2.05, 4.69) is 73.0 Å². The van der Waals surface area contributed by atoms with E-state index in [1.165, 1.54) is 11.8 Å². The summed E-state index contributed by atoms with van der Waals surface area (Å²) in [6.45, 7) is 6.93. The molecule has 1 saturated heterocycles. The van der Waals surface area contributed by atoms with Gasteiger partial charge in [0.25, 0.3) is 0 Å². The summed E-state index contributed by atoms with van der Waals surface area (Å²) in [6.07, 6.45) is 0. The average Bonchev–Trinajstić information content (AvgIpc) is 2.85. The Kier molecular flexibility index (Phi) is 8.57. The maximum Gasteiger partial charge on any atom is 0.234 e. The van der Waals surface area contributed by atoms with Crippen LogP contribution in [0.25, 0.3) is 0 Å². The fraction of sp³-hybridized carbons (Fsp3) is 0.333. The Morgan fingerprint density at radius 3 is 2.62 bits per heavy atom. The van der Waals surface area contributed by atoms with Crippen molar-refractivity contribution in [2.24, 2.45) is 0 Å². The van der Waals surface area contributed by atoms with Gasteiger partial charge < -0.3 is 20.3 Å². The number of para-hydroxylation sites is 1. The predicted octanol–water partition coefficient (Wildman–Crippen LogP) is 4.91. The van der Waals surface area contributed by atoms with Crippen molar-refractivity contribution < 1.29 is 9.53 Å². The summed E-state index contributed by atoms with van der Waals surface area (Å²) in [7, 11) is 0. The van der Waals surface area contributed by atoms with Crippen LogP contribution in [0.5, 0.6) is 0 Å². The first-order chi connectivity index (χ1) is 16.5. The molecule has 3 aromatic rings. The number of aromatic nitrogens is 3. The Balaban J connectivity index is 1.49. The Morgan fingerprint density at radius 2 is 1.88 bits per heavy atom. The summed E-state index contributed by atoms with van der Waals surface area (Å²) >= 11 is 3.58. The third kappa shape index (κ3) is 6.80. The maximum atomic E-state index is 12.8. The predicted molar refractivity (Wildman–Crippen MR) is 145 cm³/mol. The summed E-state index contributed by atoms with van der Waals surface area (Å²) in [4.78, 5) is 28.6. The van der Waals surface area contributed by atoms with E-state index in [0.29, 0.717) is 49.3 Å². The van der Waals surface area contributed by atoms with E-state index in [-0.39, 0.29) is 11.7 Å². The van der Waals surface area contributed by atoms with Gasteiger partial charge in [0, 0.05) is 28.0 Å². The molecule has 4 rings (SSSR count). The molecule has 0 unspecified atom stereocenters. The van der Waals surface area contributed by atoms with Gasteiger partial charge >= 0.3 is 0 Å². The number of nitrogens with one attached hydrogen (secondary N) is 2. The largest absolute Gasteiger partial charge is 0.378 e. The minimum atomic E-state index is -0.0981. The van der Waals surface area contributed by atoms with Crippen LogP contribution < -0.4 is 15.5 Å². The Hall–Kier alpha value is -2.44. The second-order valence-corrected chi connectivity index (χ2v) is 10.2. The van der Waals surface area contributed by atoms with E-state index in [1.807, 2.05) is 42.5 Å². The van der Waals surface area contributed by atoms with Crippen molar-refractivity contribution in [3.05, 3.63) is 57.7 Å². The number of carbonyl (C=O) groups excluding carboxylic acids is 1. The number of rotatable bonds is 8. The van der Waals surface area contributed by atoms with Gasteiger partial charge in [0.2, 0.25) is 17.8 Å². The van der Waals surface area contributed by atoms with E-state index < -0.39 is 0 Å². The monoisotopic (exact) mass is 590 g/mol. The lowest BCUT2D eigenvalue weighted by Gasteiger charge is -2.27. The van der Waals surface area contributed by atoms with Crippen LogP contribution in [0.3, 0.4) is 0 Å². The number of benzene rings is 2. The SMILES string of the molecule is CC(C)c1cc(I)ccc1NC(=O)CSc1nc(Nc2ccccc2)nc(N2CCOCC2)n1. The number of amides is 1. The summed E-state index contributed by atoms with van der Waals surface area (Å²) in [5.41, 5.74) is 2.85. The molecule has 0 radical (unpaired) electrons. The smallest absolute Gasteiger partial charge is 0.234 e. The number of nitrogens with zero attached hydrogens (tertiary/aromatic N) is 4. The van der Waals surface area contributed by atoms with Gasteiger partial charge in [-0.3, -0.25) is 4.79 Å². The minimum absolute atomic E-state index is 0.0981. The molecule has 2 N–H and O–H groups in total. The molecule has 8 nitrogen and oxygen atoms in total. The molecule has 10 heteroatoms. The number of thioether (sulfide) groups is 1. The molecule has 0 atom stereocenters. The fourth-order valence-electron chi connectivity index (χ4n) is 3.46. The van der Waals surface area contributed by atoms with Crippen molar-refractivity contribution in [3.8, 4) is 0 Å². The zero-order valence-electron chi connectivity index (χ0n) is 19.1. The van der Waals surface area contributed by atoms with E-state index in [9.17, 15) is 4.79 Å². The molecule has 1 aliphatic heterocycles. The molecule has 178 valence electrons. The second kappa shape index (κ2) is 11.8. The van der Waals surface area contributed by atoms with E-state index in [0.717, 1.165) is 20.5 Å². The zero-order chi connectivity index (χ0) is 23.9. The van der Waals surface area contributed by atoms with Crippen molar-refractivity contribution >= 4 is 63.5 Å². The lowest BCUT2D eigenvalue weighted by molar-refractivity contribution is -0.113. The normalized spacial score (nSPS) is 13.7. The molecule has 1 fully saturated rings. The molecule has 0 saturated carbocycles. The number of carbonyl (C=O) groups is 1. The molecule has 0 spiro atoms. The minimum Gasteiger partial charge on any atom is -0.378 e. The third-order valence-corrected chi connectivity index (χ3v) is 6.69. The summed E-state index contributed by atoms with van der Waals surface area (Å²) in [5.74, 6) is 1.44. The summed E-state index contributed by atoms with van der Waals surface area (Å²) in [6, 6.07) is 15.8. The highest BCUT2D eigenvalue weighted by molar-refractivity contribution is 14.1. The highest BCUT2D eigenvalue weighted by Crippen LogP contribution is 2.27. The van der Waals surface area contributed by atoms with Gasteiger partial charge in [-0.2, -0.15) is 15.0 Å². The van der Waals surface area contributed by atoms with E-state index >= 15 is 0 Å². The van der Waals surface area contributed by atoms with Crippen LogP contribution in [0.1, 0.15) is 25.3 Å². The number of hydrogen-bond donors (Lipinski definition) is 2. The number of hydrogen-bond acceptors (Lipinski definition) is 8. The van der Waals surface area contributed by atoms with Crippen LogP contribution >= 0.6 is 34.4 Å². The third-order valence-electron chi connectivity index (χ3n) is 5.17. The number of halogens is 1. The van der Waals surface area contributed by atoms with Crippen LogP contribution in [0.4, 0.5) is 23.3 Å². The molecule has 1 aliphatic rings. The molecule has 1 amide bonds. The van der Waals surface area contributed by atoms with E-state index in [4.69, 9.17) is 4.74 Å². The molecular weight excluding hydrogens is 563 g/mol. The lowest BCUT2D eigenvalue weighted by Crippen LogP contribution is -2.37. The Morgan fingerprint density at radius 1 is 1.12 bits per heavy atom. The average molecular weight is 590 g/mol. The van der Waals surface area contributed by atoms with Crippen molar-refractivity contribution in [1.82, 2.24) is 15.0 Å². The van der Waals surface area contributed by atoms with Gasteiger partial charge in [0.15, 0.2) is 5.16 Å². The van der Waals surface area contributed by atoms with Gasteiger partial charge in [-0.05, 0) is 64.4 Å². The van der Waals surface area contributed by atoms with E-state index in [1.54, 1.807) is 0 Å². The van der Waals surface area contributed by atoms with Gasteiger partial charge in [-0.1, -0.05) is 43.8 Å². The summed E-state index contributed by atoms with van der Waals surface area (Å²) < 4.78 is 6.61. The number of anilines is 4. The van der Waals surface area contributed by atoms with Crippen molar-refractivity contribution in [2.75, 3.05) is 47.6 Å². The zero-order valence-corrected chi connectivity index (χ0v) is 22.1. The maximum absolute atomic E-state index is 12.8. The highest BCUT2D eigenvalue weighted by atomic mass is 127. The molecule has 0 bridgehead atoms. The number of morpholine rings is 1. The first-order valence-corrected chi connectivity index (χ1v) is 13.2. The molecule has 1 aromatic heterocycles. The van der Waals surface area contributed by atoms with Crippen molar-refractivity contribution in [2.45, 2.75) is 24.9 Å². The molecule has 2 heterocycles. The standard InChI is InChI=1S/C24H27IN6O2S/c1-16(2)19-14-17(25)8-9-20(19)27-21(32)15-34-24-29-22(26-18-6-4-3-5-7-18)28-23(30-24)31-10-12-33-13-11-31/h3-9,14,16H,10-13,15H2,1-2H3,(H,27,32)(H,26,28,29,30). The van der Waals surface area contributed by atoms with Crippen LogP contribution in [0.15, 0.2) is 53.7 Å². The van der Waals surface area contributed by atoms with Crippen LogP contribution in [0.2, 0.25) is 0 Å². The topological polar surface area (TPSA) is 92.3 Å². The molecular formula is C24H27IN6O2S. The first-order valence-electron chi connectivity index (χ1n) is 11.1. The van der Waals surface area contributed by atoms with Crippen molar-refractivity contribution in [1.29, 1.82) is 0 Å².